The van der Waals surface area contributed by atoms with E-state index in [9.17, 15) is 4.79 Å². The summed E-state index contributed by atoms with van der Waals surface area (Å²) in [4.78, 5) is 13.0. The number of hydrogen-bond donors (Lipinski definition) is 1. The highest BCUT2D eigenvalue weighted by Crippen LogP contribution is 2.64. The third kappa shape index (κ3) is 2.25. The molecule has 1 N–H and O–H groups in total. The number of halogens is 1. The van der Waals surface area contributed by atoms with Gasteiger partial charge in [-0.3, -0.25) is 4.79 Å². The van der Waals surface area contributed by atoms with E-state index < -0.39 is 0 Å². The van der Waals surface area contributed by atoms with E-state index in [0.29, 0.717) is 11.8 Å². The molecule has 0 radical (unpaired) electrons. The molecule has 5 aliphatic carbocycles. The van der Waals surface area contributed by atoms with Gasteiger partial charge in [0.25, 0.3) is 0 Å². The lowest BCUT2D eigenvalue weighted by molar-refractivity contribution is -0.138. The van der Waals surface area contributed by atoms with Gasteiger partial charge >= 0.3 is 0 Å². The molecule has 1 aromatic carbocycles. The van der Waals surface area contributed by atoms with Gasteiger partial charge in [-0.25, -0.2) is 0 Å². The minimum atomic E-state index is -0.204. The second-order valence-electron chi connectivity index (χ2n) is 8.68. The maximum Gasteiger partial charge on any atom is 0.230 e. The predicted molar refractivity (Wildman–Crippen MR) is 92.8 cm³/mol. The normalized spacial score (nSPS) is 40.2. The van der Waals surface area contributed by atoms with Crippen LogP contribution in [0.15, 0.2) is 18.2 Å². The van der Waals surface area contributed by atoms with E-state index in [1.165, 1.54) is 30.4 Å². The van der Waals surface area contributed by atoms with Gasteiger partial charge in [-0.05, 0) is 92.9 Å². The van der Waals surface area contributed by atoms with Crippen LogP contribution in [0, 0.1) is 17.3 Å². The van der Waals surface area contributed by atoms with E-state index in [1.807, 2.05) is 0 Å². The standard InChI is InChI=1S/C20H24ClNO/c21-20-10-13-6-14(11-20)9-19(8-13,12-20)18(23)22-17-5-4-15-2-1-3-16(15)7-17/h4-5,7,13-14H,1-3,6,8-12H2,(H,22,23)/t13-,14+,19?,20?. The van der Waals surface area contributed by atoms with Crippen molar-refractivity contribution in [3.8, 4) is 0 Å². The Morgan fingerprint density at radius 3 is 2.57 bits per heavy atom. The molecule has 2 unspecified atom stereocenters. The lowest BCUT2D eigenvalue weighted by Crippen LogP contribution is -2.57. The molecule has 1 aromatic rings. The molecule has 23 heavy (non-hydrogen) atoms. The van der Waals surface area contributed by atoms with E-state index in [-0.39, 0.29) is 16.2 Å². The van der Waals surface area contributed by atoms with Crippen molar-refractivity contribution in [1.29, 1.82) is 0 Å². The summed E-state index contributed by atoms with van der Waals surface area (Å²) >= 11 is 6.86. The first-order valence-electron chi connectivity index (χ1n) is 9.16. The molecule has 0 heterocycles. The number of rotatable bonds is 2. The summed E-state index contributed by atoms with van der Waals surface area (Å²) in [5.74, 6) is 1.56. The summed E-state index contributed by atoms with van der Waals surface area (Å²) in [7, 11) is 0. The molecule has 122 valence electrons. The number of alkyl halides is 1. The molecule has 2 nitrogen and oxygen atoms in total. The Bertz CT molecular complexity index is 668. The maximum absolute atomic E-state index is 13.1. The molecular formula is C20H24ClNO. The number of anilines is 1. The van der Waals surface area contributed by atoms with Gasteiger partial charge in [0, 0.05) is 10.6 Å². The zero-order chi connectivity index (χ0) is 15.7. The second kappa shape index (κ2) is 4.75. The Hall–Kier alpha value is -1.02. The molecule has 1 amide bonds. The molecule has 0 aliphatic heterocycles. The van der Waals surface area contributed by atoms with Crippen LogP contribution in [0.25, 0.3) is 0 Å². The van der Waals surface area contributed by atoms with Crippen LogP contribution in [-0.2, 0) is 17.6 Å². The maximum atomic E-state index is 13.1. The van der Waals surface area contributed by atoms with Crippen LogP contribution in [0.5, 0.6) is 0 Å². The summed E-state index contributed by atoms with van der Waals surface area (Å²) in [5, 5.41) is 3.25. The Morgan fingerprint density at radius 1 is 1.09 bits per heavy atom. The smallest absolute Gasteiger partial charge is 0.230 e. The Morgan fingerprint density at radius 2 is 1.83 bits per heavy atom. The average molecular weight is 330 g/mol. The fourth-order valence-electron chi connectivity index (χ4n) is 6.33. The summed E-state index contributed by atoms with van der Waals surface area (Å²) in [6.07, 6.45) is 10.1. The van der Waals surface area contributed by atoms with Crippen molar-refractivity contribution in [2.75, 3.05) is 5.32 Å². The lowest BCUT2D eigenvalue weighted by Gasteiger charge is -2.59. The molecule has 4 fully saturated rings. The van der Waals surface area contributed by atoms with Crippen LogP contribution < -0.4 is 5.32 Å². The van der Waals surface area contributed by atoms with Crippen LogP contribution in [0.2, 0.25) is 0 Å². The average Bonchev–Trinajstić information content (AvgIpc) is 2.92. The number of carbonyl (C=O) groups is 1. The number of nitrogens with one attached hydrogen (secondary N) is 1. The molecule has 3 heteroatoms. The quantitative estimate of drug-likeness (QED) is 0.783. The third-order valence-electron chi connectivity index (χ3n) is 6.83. The zero-order valence-electron chi connectivity index (χ0n) is 13.5. The molecule has 5 aliphatic rings. The van der Waals surface area contributed by atoms with Gasteiger partial charge in [-0.15, -0.1) is 11.6 Å². The van der Waals surface area contributed by atoms with Gasteiger partial charge in [-0.1, -0.05) is 6.07 Å². The van der Waals surface area contributed by atoms with Crippen LogP contribution in [0.4, 0.5) is 5.69 Å². The fraction of sp³-hybridized carbons (Fsp3) is 0.650. The molecule has 4 atom stereocenters. The number of fused-ring (bicyclic) bond motifs is 1. The van der Waals surface area contributed by atoms with E-state index >= 15 is 0 Å². The third-order valence-corrected chi connectivity index (χ3v) is 7.27. The Kier molecular flexibility index (Phi) is 2.96. The van der Waals surface area contributed by atoms with Gasteiger partial charge in [0.05, 0.1) is 5.41 Å². The van der Waals surface area contributed by atoms with E-state index in [1.54, 1.807) is 0 Å². The molecule has 0 saturated heterocycles. The monoisotopic (exact) mass is 329 g/mol. The van der Waals surface area contributed by atoms with Crippen molar-refractivity contribution in [2.45, 2.75) is 62.7 Å². The van der Waals surface area contributed by atoms with Crippen molar-refractivity contribution < 1.29 is 4.79 Å². The first kappa shape index (κ1) is 14.3. The summed E-state index contributed by atoms with van der Waals surface area (Å²) < 4.78 is 0. The first-order chi connectivity index (χ1) is 11.0. The van der Waals surface area contributed by atoms with Gasteiger partial charge in [0.2, 0.25) is 5.91 Å². The SMILES string of the molecule is O=C(Nc1ccc2c(c1)CCC2)C12C[C@@H]3C[C@@H](CC(Cl)(C3)C1)C2. The van der Waals surface area contributed by atoms with Crippen molar-refractivity contribution in [3.63, 3.8) is 0 Å². The van der Waals surface area contributed by atoms with Gasteiger partial charge < -0.3 is 5.32 Å². The molecule has 4 saturated carbocycles. The van der Waals surface area contributed by atoms with Crippen molar-refractivity contribution in [2.24, 2.45) is 17.3 Å². The number of amides is 1. The summed E-state index contributed by atoms with van der Waals surface area (Å²) in [5.41, 5.74) is 3.65. The molecule has 4 bridgehead atoms. The van der Waals surface area contributed by atoms with E-state index in [2.05, 4.69) is 23.5 Å². The number of benzene rings is 1. The highest BCUT2D eigenvalue weighted by Gasteiger charge is 2.60. The molecule has 6 rings (SSSR count). The minimum absolute atomic E-state index is 0.0979. The molecular weight excluding hydrogens is 306 g/mol. The highest BCUT2D eigenvalue weighted by molar-refractivity contribution is 6.24. The molecule has 0 spiro atoms. The van der Waals surface area contributed by atoms with Crippen molar-refractivity contribution >= 4 is 23.2 Å². The van der Waals surface area contributed by atoms with Gasteiger partial charge in [0.1, 0.15) is 0 Å². The number of aryl methyl sites for hydroxylation is 2. The zero-order valence-corrected chi connectivity index (χ0v) is 14.3. The summed E-state index contributed by atoms with van der Waals surface area (Å²) in [6, 6.07) is 6.47. The number of hydrogen-bond acceptors (Lipinski definition) is 1. The van der Waals surface area contributed by atoms with Gasteiger partial charge in [-0.2, -0.15) is 0 Å². The largest absolute Gasteiger partial charge is 0.326 e. The first-order valence-corrected chi connectivity index (χ1v) is 9.54. The molecule has 0 aromatic heterocycles. The number of carbonyl (C=O) groups excluding carboxylic acids is 1. The summed E-state index contributed by atoms with van der Waals surface area (Å²) in [6.45, 7) is 0. The topological polar surface area (TPSA) is 29.1 Å². The van der Waals surface area contributed by atoms with Gasteiger partial charge in [0.15, 0.2) is 0 Å². The lowest BCUT2D eigenvalue weighted by atomic mass is 9.49. The second-order valence-corrected chi connectivity index (χ2v) is 9.49. The predicted octanol–water partition coefficient (Wildman–Crippen LogP) is 4.69. The van der Waals surface area contributed by atoms with Crippen LogP contribution >= 0.6 is 11.6 Å². The fourth-order valence-corrected chi connectivity index (χ4v) is 7.02. The van der Waals surface area contributed by atoms with Crippen LogP contribution in [0.3, 0.4) is 0 Å². The highest BCUT2D eigenvalue weighted by atomic mass is 35.5. The van der Waals surface area contributed by atoms with Crippen LogP contribution in [0.1, 0.15) is 56.1 Å². The Labute approximate surface area is 143 Å². The van der Waals surface area contributed by atoms with E-state index in [4.69, 9.17) is 11.6 Å². The minimum Gasteiger partial charge on any atom is -0.326 e. The van der Waals surface area contributed by atoms with Crippen molar-refractivity contribution in [3.05, 3.63) is 29.3 Å². The van der Waals surface area contributed by atoms with E-state index in [0.717, 1.165) is 44.2 Å². The Balaban J connectivity index is 1.40. The van der Waals surface area contributed by atoms with Crippen LogP contribution in [-0.4, -0.2) is 10.8 Å². The van der Waals surface area contributed by atoms with Crippen molar-refractivity contribution in [1.82, 2.24) is 0 Å².